The van der Waals surface area contributed by atoms with Gasteiger partial charge in [0.15, 0.2) is 0 Å². The molecule has 0 aromatic carbocycles. The molecule has 1 heterocycles. The molecule has 0 amide bonds. The zero-order chi connectivity index (χ0) is 13.9. The lowest BCUT2D eigenvalue weighted by Crippen LogP contribution is -2.58. The van der Waals surface area contributed by atoms with Gasteiger partial charge < -0.3 is 36.0 Å². The van der Waals surface area contributed by atoms with Gasteiger partial charge in [-0.2, -0.15) is 0 Å². The maximum atomic E-state index is 10.5. The average Bonchev–Trinajstić information content (AvgIpc) is 2.34. The summed E-state index contributed by atoms with van der Waals surface area (Å²) >= 11 is 0. The van der Waals surface area contributed by atoms with Crippen LogP contribution in [0.15, 0.2) is 0 Å². The number of hydrogen-bond donors (Lipinski definition) is 6. The zero-order valence-electron chi connectivity index (χ0n) is 9.72. The van der Waals surface area contributed by atoms with Crippen LogP contribution in [-0.4, -0.2) is 74.7 Å². The summed E-state index contributed by atoms with van der Waals surface area (Å²) in [7, 11) is 0. The van der Waals surface area contributed by atoms with Crippen LogP contribution in [0, 0.1) is 0 Å². The van der Waals surface area contributed by atoms with Crippen molar-refractivity contribution in [3.63, 3.8) is 0 Å². The van der Waals surface area contributed by atoms with E-state index < -0.39 is 49.1 Å². The van der Waals surface area contributed by atoms with Crippen LogP contribution in [0.1, 0.15) is 12.8 Å². The third-order valence-corrected chi connectivity index (χ3v) is 3.07. The lowest BCUT2D eigenvalue weighted by atomic mass is 9.92. The number of hydrogen-bond acceptors (Lipinski definition) is 7. The molecule has 0 aromatic rings. The van der Waals surface area contributed by atoms with E-state index in [2.05, 4.69) is 0 Å². The molecule has 0 saturated carbocycles. The Morgan fingerprint density at radius 1 is 1.17 bits per heavy atom. The molecule has 1 unspecified atom stereocenters. The van der Waals surface area contributed by atoms with Crippen molar-refractivity contribution >= 4 is 5.97 Å². The molecular weight excluding hydrogens is 246 g/mol. The van der Waals surface area contributed by atoms with Crippen molar-refractivity contribution < 1.29 is 35.1 Å². The third-order valence-electron chi connectivity index (χ3n) is 3.07. The Hall–Kier alpha value is -0.770. The first kappa shape index (κ1) is 15.3. The van der Waals surface area contributed by atoms with Gasteiger partial charge >= 0.3 is 5.97 Å². The minimum atomic E-state index is -1.44. The standard InChI is InChI=1S/C10H19NO7/c11-4(10(16)17)1-2-5-7(13)9(15)8(14)6(3-12)18-5/h4-9,12-15H,1-3,11H2,(H,16,17)/t4?,5-,6-,7+,8+,9-/m1/s1. The Kier molecular flexibility index (Phi) is 5.45. The zero-order valence-corrected chi connectivity index (χ0v) is 9.72. The van der Waals surface area contributed by atoms with Gasteiger partial charge in [0.2, 0.25) is 0 Å². The monoisotopic (exact) mass is 265 g/mol. The maximum Gasteiger partial charge on any atom is 0.320 e. The summed E-state index contributed by atoms with van der Waals surface area (Å²) < 4.78 is 5.20. The Morgan fingerprint density at radius 3 is 2.22 bits per heavy atom. The van der Waals surface area contributed by atoms with E-state index in [4.69, 9.17) is 20.7 Å². The molecule has 0 radical (unpaired) electrons. The fourth-order valence-electron chi connectivity index (χ4n) is 1.88. The summed E-state index contributed by atoms with van der Waals surface area (Å²) in [4.78, 5) is 10.5. The molecule has 8 heteroatoms. The molecule has 1 aliphatic heterocycles. The van der Waals surface area contributed by atoms with Crippen LogP contribution in [0.5, 0.6) is 0 Å². The highest BCUT2D eigenvalue weighted by molar-refractivity contribution is 5.72. The topological polar surface area (TPSA) is 153 Å². The van der Waals surface area contributed by atoms with Crippen molar-refractivity contribution in [2.24, 2.45) is 5.73 Å². The van der Waals surface area contributed by atoms with Crippen LogP contribution >= 0.6 is 0 Å². The van der Waals surface area contributed by atoms with E-state index in [9.17, 15) is 20.1 Å². The summed E-state index contributed by atoms with van der Waals surface area (Å²) in [5.41, 5.74) is 5.31. The molecule has 6 atom stereocenters. The predicted octanol–water partition coefficient (Wildman–Crippen LogP) is -2.98. The van der Waals surface area contributed by atoms with E-state index in [0.717, 1.165) is 0 Å². The minimum absolute atomic E-state index is 0.0536. The van der Waals surface area contributed by atoms with Gasteiger partial charge in [0, 0.05) is 0 Å². The molecule has 1 rings (SSSR count). The normalized spacial score (nSPS) is 38.4. The molecule has 1 saturated heterocycles. The summed E-state index contributed by atoms with van der Waals surface area (Å²) in [6.45, 7) is -0.508. The number of nitrogens with two attached hydrogens (primary N) is 1. The van der Waals surface area contributed by atoms with Crippen LogP contribution in [0.2, 0.25) is 0 Å². The third kappa shape index (κ3) is 3.37. The predicted molar refractivity (Wildman–Crippen MR) is 58.6 cm³/mol. The second-order valence-electron chi connectivity index (χ2n) is 4.39. The number of carboxylic acid groups (broad SMARTS) is 1. The van der Waals surface area contributed by atoms with Gasteiger partial charge in [-0.3, -0.25) is 4.79 Å². The van der Waals surface area contributed by atoms with Crippen molar-refractivity contribution in [1.29, 1.82) is 0 Å². The smallest absolute Gasteiger partial charge is 0.320 e. The Bertz CT molecular complexity index is 285. The maximum absolute atomic E-state index is 10.5. The highest BCUT2D eigenvalue weighted by Crippen LogP contribution is 2.24. The van der Waals surface area contributed by atoms with Crippen molar-refractivity contribution in [3.8, 4) is 0 Å². The van der Waals surface area contributed by atoms with Gasteiger partial charge in [-0.05, 0) is 12.8 Å². The Labute approximate surface area is 104 Å². The molecule has 18 heavy (non-hydrogen) atoms. The second-order valence-corrected chi connectivity index (χ2v) is 4.39. The number of rotatable bonds is 5. The molecular formula is C10H19NO7. The van der Waals surface area contributed by atoms with Crippen molar-refractivity contribution in [3.05, 3.63) is 0 Å². The molecule has 0 bridgehead atoms. The average molecular weight is 265 g/mol. The Morgan fingerprint density at radius 2 is 1.72 bits per heavy atom. The van der Waals surface area contributed by atoms with E-state index in [1.54, 1.807) is 0 Å². The van der Waals surface area contributed by atoms with Gasteiger partial charge in [0.25, 0.3) is 0 Å². The van der Waals surface area contributed by atoms with Crippen molar-refractivity contribution in [2.45, 2.75) is 49.4 Å². The fourth-order valence-corrected chi connectivity index (χ4v) is 1.88. The van der Waals surface area contributed by atoms with E-state index >= 15 is 0 Å². The highest BCUT2D eigenvalue weighted by atomic mass is 16.5. The minimum Gasteiger partial charge on any atom is -0.480 e. The number of carboxylic acids is 1. The number of carbonyl (C=O) groups is 1. The van der Waals surface area contributed by atoms with Crippen LogP contribution < -0.4 is 5.73 Å². The second kappa shape index (κ2) is 6.41. The molecule has 0 spiro atoms. The SMILES string of the molecule is NC(CC[C@H]1O[C@H](CO)[C@H](O)[C@H](O)[C@H]1O)C(=O)O. The van der Waals surface area contributed by atoms with Crippen molar-refractivity contribution in [2.75, 3.05) is 6.61 Å². The molecule has 1 fully saturated rings. The lowest BCUT2D eigenvalue weighted by molar-refractivity contribution is -0.230. The van der Waals surface area contributed by atoms with Gasteiger partial charge in [-0.15, -0.1) is 0 Å². The van der Waals surface area contributed by atoms with Gasteiger partial charge in [-0.1, -0.05) is 0 Å². The number of aliphatic hydroxyl groups excluding tert-OH is 4. The number of aliphatic carboxylic acids is 1. The fraction of sp³-hybridized carbons (Fsp3) is 0.900. The van der Waals surface area contributed by atoms with Crippen molar-refractivity contribution in [1.82, 2.24) is 0 Å². The summed E-state index contributed by atoms with van der Waals surface area (Å²) in [6, 6.07) is -1.09. The lowest BCUT2D eigenvalue weighted by Gasteiger charge is -2.40. The van der Waals surface area contributed by atoms with E-state index in [-0.39, 0.29) is 12.8 Å². The van der Waals surface area contributed by atoms with E-state index in [1.807, 2.05) is 0 Å². The first-order valence-electron chi connectivity index (χ1n) is 5.67. The van der Waals surface area contributed by atoms with Crippen LogP contribution in [0.25, 0.3) is 0 Å². The first-order valence-corrected chi connectivity index (χ1v) is 5.67. The van der Waals surface area contributed by atoms with Gasteiger partial charge in [-0.25, -0.2) is 0 Å². The summed E-state index contributed by atoms with van der Waals surface area (Å²) in [6.07, 6.45) is -5.88. The van der Waals surface area contributed by atoms with Crippen LogP contribution in [0.3, 0.4) is 0 Å². The molecule has 1 aliphatic rings. The van der Waals surface area contributed by atoms with Gasteiger partial charge in [0.1, 0.15) is 30.5 Å². The Balaban J connectivity index is 2.56. The van der Waals surface area contributed by atoms with Gasteiger partial charge in [0.05, 0.1) is 12.7 Å². The molecule has 106 valence electrons. The van der Waals surface area contributed by atoms with Crippen LogP contribution in [-0.2, 0) is 9.53 Å². The molecule has 8 nitrogen and oxygen atoms in total. The number of aliphatic hydroxyl groups is 4. The highest BCUT2D eigenvalue weighted by Gasteiger charge is 2.43. The summed E-state index contributed by atoms with van der Waals surface area (Å²) in [5.74, 6) is -1.17. The largest absolute Gasteiger partial charge is 0.480 e. The van der Waals surface area contributed by atoms with E-state index in [1.165, 1.54) is 0 Å². The molecule has 0 aromatic heterocycles. The first-order chi connectivity index (χ1) is 8.38. The quantitative estimate of drug-likeness (QED) is 0.308. The molecule has 7 N–H and O–H groups in total. The molecule has 0 aliphatic carbocycles. The van der Waals surface area contributed by atoms with Crippen LogP contribution in [0.4, 0.5) is 0 Å². The number of ether oxygens (including phenoxy) is 1. The van der Waals surface area contributed by atoms with E-state index in [0.29, 0.717) is 0 Å². The summed E-state index contributed by atoms with van der Waals surface area (Å²) in [5, 5.41) is 46.3.